The Kier molecular flexibility index (Phi) is 12.5. The molecule has 2 N–H and O–H groups in total. The topological polar surface area (TPSA) is 130 Å². The molecule has 0 saturated carbocycles. The maximum absolute atomic E-state index is 14.9. The second kappa shape index (κ2) is 16.6. The fraction of sp³-hybridized carbons (Fsp3) is 0.514. The number of carbonyl (C=O) groups excluding carboxylic acids is 2. The molecule has 1 aromatic carbocycles. The number of amides is 2. The maximum Gasteiger partial charge on any atom is 0.425 e. The summed E-state index contributed by atoms with van der Waals surface area (Å²) in [7, 11) is 0. The second-order valence-corrected chi connectivity index (χ2v) is 14.4. The van der Waals surface area contributed by atoms with Crippen molar-refractivity contribution < 1.29 is 60.4 Å². The van der Waals surface area contributed by atoms with Crippen molar-refractivity contribution in [2.45, 2.75) is 94.3 Å². The summed E-state index contributed by atoms with van der Waals surface area (Å²) in [5.41, 5.74) is -5.11. The molecule has 0 radical (unpaired) electrons. The standard InChI is InChI=1S/C37H41F6N3O7S/c1-2-9-28-35(53-24-22-29(54-23-24)37(41,42)43,14-8-18-46(28)32(49)31-26(36(38,39)40)11-7-17-44-31)33(50)45-19-15-34(51,16-20-45)25-10-3-4-12-27(25)52-21-6-5-13-30(47)48/h3-4,7,10-12,17,22-23,28,51H,2,5-6,8-9,13-16,18-21H2,1H3,(H,47,48). The number of pyridine rings is 1. The summed E-state index contributed by atoms with van der Waals surface area (Å²) in [5, 5.41) is 21.9. The number of carbonyl (C=O) groups is 3. The minimum atomic E-state index is -4.92. The summed E-state index contributed by atoms with van der Waals surface area (Å²) in [4.78, 5) is 45.1. The summed E-state index contributed by atoms with van der Waals surface area (Å²) in [5.74, 6) is -2.55. The number of ether oxygens (including phenoxy) is 2. The predicted octanol–water partition coefficient (Wildman–Crippen LogP) is 7.55. The maximum atomic E-state index is 14.9. The van der Waals surface area contributed by atoms with Crippen molar-refractivity contribution in [3.05, 3.63) is 75.7 Å². The van der Waals surface area contributed by atoms with Gasteiger partial charge in [-0.25, -0.2) is 0 Å². The summed E-state index contributed by atoms with van der Waals surface area (Å²) >= 11 is 0.361. The molecule has 3 aromatic rings. The van der Waals surface area contributed by atoms with E-state index in [4.69, 9.17) is 14.6 Å². The summed E-state index contributed by atoms with van der Waals surface area (Å²) in [6, 6.07) is 8.16. The zero-order valence-electron chi connectivity index (χ0n) is 29.4. The first-order valence-corrected chi connectivity index (χ1v) is 18.5. The van der Waals surface area contributed by atoms with E-state index >= 15 is 0 Å². The highest BCUT2D eigenvalue weighted by molar-refractivity contribution is 7.10. The summed E-state index contributed by atoms with van der Waals surface area (Å²) < 4.78 is 95.3. The number of carboxylic acid groups (broad SMARTS) is 1. The van der Waals surface area contributed by atoms with Crippen LogP contribution in [0.4, 0.5) is 26.3 Å². The number of hydrogen-bond donors (Lipinski definition) is 2. The number of benzene rings is 1. The van der Waals surface area contributed by atoms with Gasteiger partial charge in [0.15, 0.2) is 0 Å². The molecule has 0 aliphatic carbocycles. The Morgan fingerprint density at radius 2 is 1.70 bits per heavy atom. The number of piperidine rings is 2. The third kappa shape index (κ3) is 8.94. The van der Waals surface area contributed by atoms with Gasteiger partial charge in [0.25, 0.3) is 11.8 Å². The van der Waals surface area contributed by atoms with Crippen LogP contribution in [-0.2, 0) is 27.5 Å². The number of halogens is 6. The van der Waals surface area contributed by atoms with E-state index in [9.17, 15) is 45.8 Å². The highest BCUT2D eigenvalue weighted by atomic mass is 32.1. The highest BCUT2D eigenvalue weighted by Gasteiger charge is 2.56. The van der Waals surface area contributed by atoms with E-state index in [-0.39, 0.29) is 70.5 Å². The average molecular weight is 786 g/mol. The molecule has 10 nitrogen and oxygen atoms in total. The van der Waals surface area contributed by atoms with Crippen LogP contribution in [0.25, 0.3) is 0 Å². The smallest absolute Gasteiger partial charge is 0.425 e. The molecule has 54 heavy (non-hydrogen) atoms. The molecular weight excluding hydrogens is 744 g/mol. The van der Waals surface area contributed by atoms with Crippen molar-refractivity contribution in [1.82, 2.24) is 14.8 Å². The van der Waals surface area contributed by atoms with Gasteiger partial charge in [0.05, 0.1) is 23.8 Å². The lowest BCUT2D eigenvalue weighted by Gasteiger charge is -2.51. The van der Waals surface area contributed by atoms with Gasteiger partial charge in [-0.2, -0.15) is 26.3 Å². The van der Waals surface area contributed by atoms with Crippen LogP contribution in [-0.4, -0.2) is 80.7 Å². The van der Waals surface area contributed by atoms with Gasteiger partial charge in [-0.1, -0.05) is 31.5 Å². The van der Waals surface area contributed by atoms with Crippen molar-refractivity contribution in [3.63, 3.8) is 0 Å². The molecule has 2 aliphatic heterocycles. The first-order valence-electron chi connectivity index (χ1n) is 17.6. The largest absolute Gasteiger partial charge is 0.493 e. The van der Waals surface area contributed by atoms with Gasteiger partial charge in [0.1, 0.15) is 22.1 Å². The van der Waals surface area contributed by atoms with Gasteiger partial charge in [0, 0.05) is 55.7 Å². The molecule has 0 bridgehead atoms. The minimum Gasteiger partial charge on any atom is -0.493 e. The number of aliphatic carboxylic acids is 1. The number of aromatic nitrogens is 1. The van der Waals surface area contributed by atoms with E-state index in [2.05, 4.69) is 4.98 Å². The van der Waals surface area contributed by atoms with Crippen LogP contribution in [0.15, 0.2) is 54.0 Å². The molecule has 2 saturated heterocycles. The lowest BCUT2D eigenvalue weighted by atomic mass is 9.78. The van der Waals surface area contributed by atoms with Crippen LogP contribution in [0.1, 0.15) is 91.2 Å². The number of likely N-dealkylation sites (tertiary alicyclic amines) is 2. The number of para-hydroxylation sites is 1. The molecule has 2 atom stereocenters. The van der Waals surface area contributed by atoms with Gasteiger partial charge in [-0.05, 0) is 56.7 Å². The van der Waals surface area contributed by atoms with E-state index in [0.717, 1.165) is 34.7 Å². The van der Waals surface area contributed by atoms with Crippen LogP contribution in [0, 0.1) is 0 Å². The average Bonchev–Trinajstić information content (AvgIpc) is 3.61. The Bertz CT molecular complexity index is 1790. The number of unbranched alkanes of at least 4 members (excludes halogenated alkanes) is 1. The second-order valence-electron chi connectivity index (χ2n) is 13.5. The summed E-state index contributed by atoms with van der Waals surface area (Å²) in [6.45, 7) is 1.83. The monoisotopic (exact) mass is 785 g/mol. The number of hydrogen-bond acceptors (Lipinski definition) is 8. The Morgan fingerprint density at radius 1 is 0.981 bits per heavy atom. The van der Waals surface area contributed by atoms with Gasteiger partial charge in [0.2, 0.25) is 5.60 Å². The number of thiophene rings is 1. The lowest BCUT2D eigenvalue weighted by molar-refractivity contribution is -0.163. The lowest BCUT2D eigenvalue weighted by Crippen LogP contribution is -2.68. The Labute approximate surface area is 311 Å². The molecule has 294 valence electrons. The zero-order chi connectivity index (χ0) is 39.3. The van der Waals surface area contributed by atoms with Crippen molar-refractivity contribution in [3.8, 4) is 11.5 Å². The molecule has 4 heterocycles. The van der Waals surface area contributed by atoms with Gasteiger partial charge in [-0.3, -0.25) is 19.4 Å². The molecule has 2 unspecified atom stereocenters. The van der Waals surface area contributed by atoms with Crippen LogP contribution in [0.3, 0.4) is 0 Å². The normalized spacial score (nSPS) is 20.4. The van der Waals surface area contributed by atoms with Gasteiger partial charge < -0.3 is 29.5 Å². The number of alkyl halides is 6. The molecule has 2 amide bonds. The van der Waals surface area contributed by atoms with Crippen LogP contribution in [0.2, 0.25) is 0 Å². The van der Waals surface area contributed by atoms with E-state index in [1.807, 2.05) is 0 Å². The predicted molar refractivity (Wildman–Crippen MR) is 184 cm³/mol. The van der Waals surface area contributed by atoms with Crippen molar-refractivity contribution in [2.75, 3.05) is 26.2 Å². The van der Waals surface area contributed by atoms with E-state index in [1.54, 1.807) is 31.2 Å². The quantitative estimate of drug-likeness (QED) is 0.134. The fourth-order valence-electron chi connectivity index (χ4n) is 7.23. The van der Waals surface area contributed by atoms with Gasteiger partial charge >= 0.3 is 18.3 Å². The van der Waals surface area contributed by atoms with Crippen molar-refractivity contribution in [2.24, 2.45) is 0 Å². The molecule has 0 spiro atoms. The Morgan fingerprint density at radius 3 is 2.35 bits per heavy atom. The SMILES string of the molecule is CCCC1N(C(=O)c2ncccc2C(F)(F)F)CCCC1(Oc1csc(C(F)(F)F)c1)C(=O)N1CCC(O)(c2ccccc2OCCCCC(=O)O)CC1. The Balaban J connectivity index is 1.46. The van der Waals surface area contributed by atoms with Crippen LogP contribution < -0.4 is 9.47 Å². The Hall–Kier alpha value is -4.38. The number of nitrogens with zero attached hydrogens (tertiary/aromatic N) is 3. The minimum absolute atomic E-state index is 0.0112. The molecule has 2 aliphatic rings. The van der Waals surface area contributed by atoms with Crippen molar-refractivity contribution >= 4 is 29.1 Å². The third-order valence-corrected chi connectivity index (χ3v) is 10.8. The van der Waals surface area contributed by atoms with Gasteiger partial charge in [-0.15, -0.1) is 11.3 Å². The molecular formula is C37H41F6N3O7S. The molecule has 2 aromatic heterocycles. The first kappa shape index (κ1) is 40.8. The summed E-state index contributed by atoms with van der Waals surface area (Å²) in [6.07, 6.45) is -7.23. The first-order chi connectivity index (χ1) is 25.5. The van der Waals surface area contributed by atoms with E-state index < -0.39 is 63.5 Å². The molecule has 2 fully saturated rings. The van der Waals surface area contributed by atoms with E-state index in [0.29, 0.717) is 41.9 Å². The number of aliphatic hydroxyl groups is 1. The van der Waals surface area contributed by atoms with Crippen LogP contribution in [0.5, 0.6) is 11.5 Å². The molecule has 17 heteroatoms. The zero-order valence-corrected chi connectivity index (χ0v) is 30.2. The van der Waals surface area contributed by atoms with Crippen molar-refractivity contribution in [1.29, 1.82) is 0 Å². The highest BCUT2D eigenvalue weighted by Crippen LogP contribution is 2.44. The third-order valence-electron chi connectivity index (χ3n) is 9.83. The van der Waals surface area contributed by atoms with E-state index in [1.165, 1.54) is 4.90 Å². The number of carboxylic acids is 1. The van der Waals surface area contributed by atoms with Crippen LogP contribution >= 0.6 is 11.3 Å². The fourth-order valence-corrected chi connectivity index (χ4v) is 7.91. The molecule has 5 rings (SSSR count). The number of rotatable bonds is 13.